The summed E-state index contributed by atoms with van der Waals surface area (Å²) in [6.07, 6.45) is 0.636. The SMILES string of the molecule is Cc1cccc(S(=O)(=O)C2(F)CCC(NCC(=O)N(C)C(C)(C)C)CC2)c1. The fourth-order valence-electron chi connectivity index (χ4n) is 3.24. The van der Waals surface area contributed by atoms with E-state index in [2.05, 4.69) is 5.32 Å². The van der Waals surface area contributed by atoms with Crippen LogP contribution in [0, 0.1) is 6.92 Å². The van der Waals surface area contributed by atoms with E-state index in [0.29, 0.717) is 12.8 Å². The van der Waals surface area contributed by atoms with Gasteiger partial charge in [0.2, 0.25) is 20.7 Å². The molecular weight excluding hydrogens is 367 g/mol. The third kappa shape index (κ3) is 4.88. The highest BCUT2D eigenvalue weighted by molar-refractivity contribution is 7.92. The molecule has 1 aliphatic carbocycles. The number of nitrogens with zero attached hydrogens (tertiary/aromatic N) is 1. The van der Waals surface area contributed by atoms with Gasteiger partial charge in [-0.2, -0.15) is 0 Å². The quantitative estimate of drug-likeness (QED) is 0.827. The van der Waals surface area contributed by atoms with Crippen molar-refractivity contribution in [3.05, 3.63) is 29.8 Å². The van der Waals surface area contributed by atoms with Gasteiger partial charge in [0.15, 0.2) is 0 Å². The van der Waals surface area contributed by atoms with E-state index in [-0.39, 0.29) is 41.8 Å². The number of alkyl halides is 1. The number of aryl methyl sites for hydroxylation is 1. The van der Waals surface area contributed by atoms with Crippen LogP contribution in [0.1, 0.15) is 52.0 Å². The van der Waals surface area contributed by atoms with Crippen molar-refractivity contribution in [2.24, 2.45) is 0 Å². The van der Waals surface area contributed by atoms with Crippen molar-refractivity contribution in [1.82, 2.24) is 10.2 Å². The molecule has 1 aromatic carbocycles. The van der Waals surface area contributed by atoms with Crippen LogP contribution in [0.5, 0.6) is 0 Å². The lowest BCUT2D eigenvalue weighted by molar-refractivity contribution is -0.133. The second-order valence-electron chi connectivity index (χ2n) is 8.48. The standard InChI is InChI=1S/C20H31FN2O3S/c1-15-7-6-8-17(13-15)27(25,26)20(21)11-9-16(10-12-20)22-14-18(24)23(5)19(2,3)4/h6-8,13,16,22H,9-12,14H2,1-5H3. The fourth-order valence-corrected chi connectivity index (χ4v) is 5.03. The Bertz CT molecular complexity index is 779. The summed E-state index contributed by atoms with van der Waals surface area (Å²) in [5, 5.41) is 0.915. The van der Waals surface area contributed by atoms with Crippen molar-refractivity contribution in [1.29, 1.82) is 0 Å². The predicted molar refractivity (Wildman–Crippen MR) is 105 cm³/mol. The Morgan fingerprint density at radius 1 is 1.30 bits per heavy atom. The molecule has 0 bridgehead atoms. The predicted octanol–water partition coefficient (Wildman–Crippen LogP) is 3.22. The smallest absolute Gasteiger partial charge is 0.236 e. The van der Waals surface area contributed by atoms with Crippen LogP contribution in [0.25, 0.3) is 0 Å². The monoisotopic (exact) mass is 398 g/mol. The first-order valence-electron chi connectivity index (χ1n) is 9.37. The topological polar surface area (TPSA) is 66.5 Å². The van der Waals surface area contributed by atoms with Crippen molar-refractivity contribution in [2.75, 3.05) is 13.6 Å². The Kier molecular flexibility index (Phi) is 6.37. The van der Waals surface area contributed by atoms with E-state index in [0.717, 1.165) is 5.56 Å². The maximum atomic E-state index is 15.3. The van der Waals surface area contributed by atoms with Gasteiger partial charge in [-0.3, -0.25) is 4.79 Å². The van der Waals surface area contributed by atoms with E-state index in [4.69, 9.17) is 0 Å². The number of hydrogen-bond acceptors (Lipinski definition) is 4. The normalized spacial score (nSPS) is 23.9. The molecule has 152 valence electrons. The van der Waals surface area contributed by atoms with E-state index >= 15 is 4.39 Å². The largest absolute Gasteiger partial charge is 0.340 e. The molecule has 2 rings (SSSR count). The minimum Gasteiger partial charge on any atom is -0.340 e. The molecule has 0 aliphatic heterocycles. The molecule has 7 heteroatoms. The van der Waals surface area contributed by atoms with E-state index in [9.17, 15) is 13.2 Å². The van der Waals surface area contributed by atoms with Crippen molar-refractivity contribution in [3.63, 3.8) is 0 Å². The number of likely N-dealkylation sites (N-methyl/N-ethyl adjacent to an activating group) is 1. The molecule has 1 aliphatic rings. The molecule has 1 aromatic rings. The molecule has 5 nitrogen and oxygen atoms in total. The molecule has 0 atom stereocenters. The van der Waals surface area contributed by atoms with Crippen LogP contribution in [0.3, 0.4) is 0 Å². The Balaban J connectivity index is 1.97. The molecule has 1 fully saturated rings. The lowest BCUT2D eigenvalue weighted by Crippen LogP contribution is -2.49. The van der Waals surface area contributed by atoms with Crippen LogP contribution in [0.15, 0.2) is 29.2 Å². The zero-order valence-corrected chi connectivity index (χ0v) is 17.7. The maximum absolute atomic E-state index is 15.3. The summed E-state index contributed by atoms with van der Waals surface area (Å²) < 4.78 is 40.9. The molecule has 27 heavy (non-hydrogen) atoms. The summed E-state index contributed by atoms with van der Waals surface area (Å²) >= 11 is 0. The molecule has 0 radical (unpaired) electrons. The van der Waals surface area contributed by atoms with E-state index in [1.54, 1.807) is 31.0 Å². The number of benzene rings is 1. The van der Waals surface area contributed by atoms with E-state index in [1.165, 1.54) is 12.1 Å². The van der Waals surface area contributed by atoms with Crippen LogP contribution in [-0.4, -0.2) is 49.4 Å². The Labute approximate surface area is 162 Å². The summed E-state index contributed by atoms with van der Waals surface area (Å²) in [7, 11) is -2.29. The minimum atomic E-state index is -4.04. The number of nitrogens with one attached hydrogen (secondary N) is 1. The zero-order valence-electron chi connectivity index (χ0n) is 16.9. The highest BCUT2D eigenvalue weighted by atomic mass is 32.2. The first-order chi connectivity index (χ1) is 12.4. The molecular formula is C20H31FN2O3S. The van der Waals surface area contributed by atoms with Crippen molar-refractivity contribution in [2.45, 2.75) is 74.9 Å². The van der Waals surface area contributed by atoms with Crippen LogP contribution in [0.2, 0.25) is 0 Å². The molecule has 0 aromatic heterocycles. The summed E-state index contributed by atoms with van der Waals surface area (Å²) in [5.74, 6) is -0.0352. The zero-order chi connectivity index (χ0) is 20.5. The van der Waals surface area contributed by atoms with Gasteiger partial charge in [0.05, 0.1) is 11.4 Å². The first-order valence-corrected chi connectivity index (χ1v) is 10.9. The van der Waals surface area contributed by atoms with Gasteiger partial charge in [-0.05, 0) is 71.1 Å². The second kappa shape index (κ2) is 7.87. The number of carbonyl (C=O) groups is 1. The molecule has 0 saturated heterocycles. The number of amides is 1. The Hall–Kier alpha value is -1.47. The third-order valence-electron chi connectivity index (χ3n) is 5.44. The van der Waals surface area contributed by atoms with E-state index < -0.39 is 14.8 Å². The Morgan fingerprint density at radius 2 is 1.89 bits per heavy atom. The Morgan fingerprint density at radius 3 is 2.41 bits per heavy atom. The molecule has 0 spiro atoms. The minimum absolute atomic E-state index is 0.0352. The average Bonchev–Trinajstić information content (AvgIpc) is 2.59. The highest BCUT2D eigenvalue weighted by Gasteiger charge is 2.47. The van der Waals surface area contributed by atoms with Crippen molar-refractivity contribution in [3.8, 4) is 0 Å². The van der Waals surface area contributed by atoms with Crippen LogP contribution < -0.4 is 5.32 Å². The number of halogens is 1. The molecule has 1 amide bonds. The average molecular weight is 399 g/mol. The lowest BCUT2D eigenvalue weighted by atomic mass is 9.93. The maximum Gasteiger partial charge on any atom is 0.236 e. The number of rotatable bonds is 5. The third-order valence-corrected chi connectivity index (χ3v) is 7.68. The molecule has 0 unspecified atom stereocenters. The molecule has 1 N–H and O–H groups in total. The molecule has 1 saturated carbocycles. The van der Waals surface area contributed by atoms with Gasteiger partial charge in [0, 0.05) is 18.6 Å². The molecule has 0 heterocycles. The summed E-state index contributed by atoms with van der Waals surface area (Å²) in [4.78, 5) is 13.9. The van der Waals surface area contributed by atoms with Crippen LogP contribution in [0.4, 0.5) is 4.39 Å². The first kappa shape index (κ1) is 21.8. The summed E-state index contributed by atoms with van der Waals surface area (Å²) in [5.41, 5.74) is 0.526. The van der Waals surface area contributed by atoms with Gasteiger partial charge in [0.25, 0.3) is 0 Å². The number of sulfone groups is 1. The lowest BCUT2D eigenvalue weighted by Gasteiger charge is -2.35. The van der Waals surface area contributed by atoms with Crippen molar-refractivity contribution >= 4 is 15.7 Å². The van der Waals surface area contributed by atoms with Crippen molar-refractivity contribution < 1.29 is 17.6 Å². The fraction of sp³-hybridized carbons (Fsp3) is 0.650. The summed E-state index contributed by atoms with van der Waals surface area (Å²) in [6.45, 7) is 7.83. The van der Waals surface area contributed by atoms with Gasteiger partial charge in [-0.25, -0.2) is 12.8 Å². The second-order valence-corrected chi connectivity index (χ2v) is 10.7. The van der Waals surface area contributed by atoms with Gasteiger partial charge in [0.1, 0.15) is 0 Å². The van der Waals surface area contributed by atoms with Gasteiger partial charge in [-0.1, -0.05) is 12.1 Å². The van der Waals surface area contributed by atoms with Crippen LogP contribution >= 0.6 is 0 Å². The van der Waals surface area contributed by atoms with Gasteiger partial charge in [-0.15, -0.1) is 0 Å². The number of carbonyl (C=O) groups excluding carboxylic acids is 1. The highest BCUT2D eigenvalue weighted by Crippen LogP contribution is 2.40. The van der Waals surface area contributed by atoms with Gasteiger partial charge < -0.3 is 10.2 Å². The van der Waals surface area contributed by atoms with Crippen LogP contribution in [-0.2, 0) is 14.6 Å². The van der Waals surface area contributed by atoms with E-state index in [1.807, 2.05) is 20.8 Å². The summed E-state index contributed by atoms with van der Waals surface area (Å²) in [6, 6.07) is 6.34. The van der Waals surface area contributed by atoms with Gasteiger partial charge >= 0.3 is 0 Å². The number of hydrogen-bond donors (Lipinski definition) is 1.